The maximum Gasteiger partial charge on any atom is 0.234 e. The van der Waals surface area contributed by atoms with E-state index < -0.39 is 17.5 Å². The second-order valence-electron chi connectivity index (χ2n) is 6.24. The van der Waals surface area contributed by atoms with Gasteiger partial charge in [0.1, 0.15) is 17.5 Å². The van der Waals surface area contributed by atoms with Crippen LogP contribution in [0.3, 0.4) is 0 Å². The molecule has 0 saturated heterocycles. The SMILES string of the molecule is O=C(CSc1nc(C2CC2)n(-c2ccccc2)n1)Nc1cc(F)ccc1F. The first kappa shape index (κ1) is 17.7. The zero-order chi connectivity index (χ0) is 18.8. The van der Waals surface area contributed by atoms with Crippen LogP contribution in [0.1, 0.15) is 24.6 Å². The lowest BCUT2D eigenvalue weighted by Crippen LogP contribution is -2.15. The first-order valence-corrected chi connectivity index (χ1v) is 9.49. The van der Waals surface area contributed by atoms with Crippen molar-refractivity contribution in [2.24, 2.45) is 0 Å². The van der Waals surface area contributed by atoms with E-state index in [1.807, 2.05) is 35.0 Å². The minimum Gasteiger partial charge on any atom is -0.323 e. The van der Waals surface area contributed by atoms with Crippen molar-refractivity contribution in [3.63, 3.8) is 0 Å². The summed E-state index contributed by atoms with van der Waals surface area (Å²) in [4.78, 5) is 16.6. The molecule has 1 fully saturated rings. The molecular formula is C19H16F2N4OS. The van der Waals surface area contributed by atoms with E-state index in [0.29, 0.717) is 11.1 Å². The van der Waals surface area contributed by atoms with E-state index in [4.69, 9.17) is 0 Å². The molecule has 0 radical (unpaired) electrons. The molecule has 1 heterocycles. The van der Waals surface area contributed by atoms with Crippen LogP contribution in [0, 0.1) is 11.6 Å². The number of halogens is 2. The Balaban J connectivity index is 1.45. The van der Waals surface area contributed by atoms with Crippen LogP contribution in [0.5, 0.6) is 0 Å². The van der Waals surface area contributed by atoms with Gasteiger partial charge in [0, 0.05) is 12.0 Å². The molecule has 1 N–H and O–H groups in total. The van der Waals surface area contributed by atoms with E-state index in [-0.39, 0.29) is 11.4 Å². The predicted octanol–water partition coefficient (Wildman–Crippen LogP) is 4.15. The summed E-state index contributed by atoms with van der Waals surface area (Å²) in [6.07, 6.45) is 2.16. The molecule has 4 rings (SSSR count). The van der Waals surface area contributed by atoms with E-state index in [1.54, 1.807) is 0 Å². The molecular weight excluding hydrogens is 370 g/mol. The highest BCUT2D eigenvalue weighted by Crippen LogP contribution is 2.40. The Hall–Kier alpha value is -2.74. The van der Waals surface area contributed by atoms with Crippen molar-refractivity contribution in [1.82, 2.24) is 14.8 Å². The Morgan fingerprint density at radius 3 is 2.70 bits per heavy atom. The highest BCUT2D eigenvalue weighted by atomic mass is 32.2. The van der Waals surface area contributed by atoms with Gasteiger partial charge in [-0.25, -0.2) is 18.4 Å². The first-order valence-electron chi connectivity index (χ1n) is 8.50. The molecule has 1 aliphatic carbocycles. The molecule has 0 spiro atoms. The summed E-state index contributed by atoms with van der Waals surface area (Å²) in [6.45, 7) is 0. The quantitative estimate of drug-likeness (QED) is 0.647. The van der Waals surface area contributed by atoms with Crippen LogP contribution in [-0.4, -0.2) is 26.4 Å². The number of amides is 1. The van der Waals surface area contributed by atoms with Gasteiger partial charge >= 0.3 is 0 Å². The number of thioether (sulfide) groups is 1. The largest absolute Gasteiger partial charge is 0.323 e. The number of rotatable bonds is 6. The molecule has 1 amide bonds. The van der Waals surface area contributed by atoms with Crippen LogP contribution >= 0.6 is 11.8 Å². The fourth-order valence-corrected chi connectivity index (χ4v) is 3.27. The van der Waals surface area contributed by atoms with Gasteiger partial charge in [0.15, 0.2) is 0 Å². The molecule has 3 aromatic rings. The molecule has 2 aromatic carbocycles. The first-order chi connectivity index (χ1) is 13.1. The van der Waals surface area contributed by atoms with Crippen molar-refractivity contribution < 1.29 is 13.6 Å². The van der Waals surface area contributed by atoms with E-state index in [1.165, 1.54) is 0 Å². The summed E-state index contributed by atoms with van der Waals surface area (Å²) < 4.78 is 28.6. The Morgan fingerprint density at radius 2 is 1.96 bits per heavy atom. The van der Waals surface area contributed by atoms with E-state index in [2.05, 4.69) is 15.4 Å². The van der Waals surface area contributed by atoms with Crippen LogP contribution in [0.4, 0.5) is 14.5 Å². The van der Waals surface area contributed by atoms with Crippen molar-refractivity contribution in [1.29, 1.82) is 0 Å². The maximum atomic E-state index is 13.6. The van der Waals surface area contributed by atoms with E-state index in [0.717, 1.165) is 54.3 Å². The third-order valence-corrected chi connectivity index (χ3v) is 4.93. The summed E-state index contributed by atoms with van der Waals surface area (Å²) in [5, 5.41) is 7.36. The summed E-state index contributed by atoms with van der Waals surface area (Å²) in [5.41, 5.74) is 0.743. The molecule has 0 aliphatic heterocycles. The smallest absolute Gasteiger partial charge is 0.234 e. The van der Waals surface area contributed by atoms with Gasteiger partial charge in [-0.05, 0) is 37.1 Å². The van der Waals surface area contributed by atoms with Crippen molar-refractivity contribution in [3.8, 4) is 5.69 Å². The van der Waals surface area contributed by atoms with E-state index in [9.17, 15) is 13.6 Å². The fourth-order valence-electron chi connectivity index (χ4n) is 2.64. The van der Waals surface area contributed by atoms with Gasteiger partial charge in [-0.15, -0.1) is 5.10 Å². The van der Waals surface area contributed by atoms with Gasteiger partial charge in [0.2, 0.25) is 11.1 Å². The molecule has 0 unspecified atom stereocenters. The predicted molar refractivity (Wildman–Crippen MR) is 99.0 cm³/mol. The molecule has 1 aromatic heterocycles. The molecule has 1 aliphatic rings. The fraction of sp³-hybridized carbons (Fsp3) is 0.211. The number of nitrogens with zero attached hydrogens (tertiary/aromatic N) is 3. The minimum absolute atomic E-state index is 0.00113. The Bertz CT molecular complexity index is 973. The Morgan fingerprint density at radius 1 is 1.19 bits per heavy atom. The van der Waals surface area contributed by atoms with Crippen LogP contribution in [0.15, 0.2) is 53.7 Å². The number of anilines is 1. The van der Waals surface area contributed by atoms with Crippen LogP contribution < -0.4 is 5.32 Å². The zero-order valence-electron chi connectivity index (χ0n) is 14.2. The number of carbonyl (C=O) groups excluding carboxylic acids is 1. The van der Waals surface area contributed by atoms with Gasteiger partial charge in [-0.1, -0.05) is 30.0 Å². The van der Waals surface area contributed by atoms with Gasteiger partial charge in [0.05, 0.1) is 17.1 Å². The van der Waals surface area contributed by atoms with Crippen molar-refractivity contribution in [2.75, 3.05) is 11.1 Å². The van der Waals surface area contributed by atoms with Crippen LogP contribution in [0.25, 0.3) is 5.69 Å². The second-order valence-corrected chi connectivity index (χ2v) is 7.18. The molecule has 1 saturated carbocycles. The number of nitrogens with one attached hydrogen (secondary N) is 1. The van der Waals surface area contributed by atoms with Crippen LogP contribution in [-0.2, 0) is 4.79 Å². The molecule has 8 heteroatoms. The standard InChI is InChI=1S/C19H16F2N4OS/c20-13-8-9-15(21)16(10-13)22-17(26)11-27-19-23-18(12-6-7-12)25(24-19)14-4-2-1-3-5-14/h1-5,8-10,12H,6-7,11H2,(H,22,26). The average Bonchev–Trinajstić information content (AvgIpc) is 3.43. The number of benzene rings is 2. The Kier molecular flexibility index (Phi) is 4.89. The number of hydrogen-bond donors (Lipinski definition) is 1. The van der Waals surface area contributed by atoms with Crippen LogP contribution in [0.2, 0.25) is 0 Å². The number of para-hydroxylation sites is 1. The van der Waals surface area contributed by atoms with Crippen molar-refractivity contribution in [3.05, 3.63) is 66.0 Å². The number of carbonyl (C=O) groups is 1. The van der Waals surface area contributed by atoms with Gasteiger partial charge in [0.25, 0.3) is 0 Å². The van der Waals surface area contributed by atoms with Crippen molar-refractivity contribution in [2.45, 2.75) is 23.9 Å². The normalized spacial score (nSPS) is 13.6. The summed E-state index contributed by atoms with van der Waals surface area (Å²) in [7, 11) is 0. The third kappa shape index (κ3) is 4.16. The molecule has 138 valence electrons. The van der Waals surface area contributed by atoms with Gasteiger partial charge in [-0.3, -0.25) is 4.79 Å². The lowest BCUT2D eigenvalue weighted by Gasteiger charge is -2.05. The third-order valence-electron chi connectivity index (χ3n) is 4.09. The lowest BCUT2D eigenvalue weighted by atomic mass is 10.3. The highest BCUT2D eigenvalue weighted by molar-refractivity contribution is 7.99. The summed E-state index contributed by atoms with van der Waals surface area (Å²) in [5.74, 6) is -0.469. The minimum atomic E-state index is -0.683. The summed E-state index contributed by atoms with van der Waals surface area (Å²) in [6, 6.07) is 12.6. The average molecular weight is 386 g/mol. The molecule has 0 bridgehead atoms. The van der Waals surface area contributed by atoms with E-state index >= 15 is 0 Å². The van der Waals surface area contributed by atoms with Crippen molar-refractivity contribution >= 4 is 23.4 Å². The highest BCUT2D eigenvalue weighted by Gasteiger charge is 2.30. The molecule has 27 heavy (non-hydrogen) atoms. The summed E-state index contributed by atoms with van der Waals surface area (Å²) >= 11 is 1.16. The zero-order valence-corrected chi connectivity index (χ0v) is 15.0. The molecule has 5 nitrogen and oxygen atoms in total. The Labute approximate surface area is 158 Å². The van der Waals surface area contributed by atoms with Gasteiger partial charge in [-0.2, -0.15) is 0 Å². The topological polar surface area (TPSA) is 59.8 Å². The molecule has 0 atom stereocenters. The van der Waals surface area contributed by atoms with Gasteiger partial charge < -0.3 is 5.32 Å². The monoisotopic (exact) mass is 386 g/mol. The number of aromatic nitrogens is 3. The number of hydrogen-bond acceptors (Lipinski definition) is 4. The lowest BCUT2D eigenvalue weighted by molar-refractivity contribution is -0.113. The second kappa shape index (κ2) is 7.48. The maximum absolute atomic E-state index is 13.6.